The Labute approximate surface area is 108 Å². The van der Waals surface area contributed by atoms with Gasteiger partial charge in [-0.3, -0.25) is 4.68 Å². The van der Waals surface area contributed by atoms with Crippen LogP contribution in [0.1, 0.15) is 27.2 Å². The van der Waals surface area contributed by atoms with Crippen LogP contribution in [0.3, 0.4) is 0 Å². The Bertz CT molecular complexity index is 686. The van der Waals surface area contributed by atoms with Crippen molar-refractivity contribution >= 4 is 5.97 Å². The van der Waals surface area contributed by atoms with Crippen molar-refractivity contribution in [2.75, 3.05) is 0 Å². The summed E-state index contributed by atoms with van der Waals surface area (Å²) in [5.41, 5.74) is 0.694. The molecule has 0 saturated carbocycles. The van der Waals surface area contributed by atoms with Gasteiger partial charge >= 0.3 is 5.97 Å². The normalized spacial score (nSPS) is 10.2. The number of nitrogens with zero attached hydrogens (tertiary/aromatic N) is 3. The van der Waals surface area contributed by atoms with E-state index in [1.807, 2.05) is 0 Å². The van der Waals surface area contributed by atoms with Gasteiger partial charge in [-0.15, -0.1) is 0 Å². The van der Waals surface area contributed by atoms with Gasteiger partial charge < -0.3 is 5.11 Å². The van der Waals surface area contributed by atoms with Gasteiger partial charge in [0.1, 0.15) is 17.4 Å². The van der Waals surface area contributed by atoms with Crippen LogP contribution in [0.2, 0.25) is 0 Å². The van der Waals surface area contributed by atoms with E-state index in [2.05, 4.69) is 5.10 Å². The SMILES string of the molecule is Cc1nn(Cc2cccc(C#N)c2F)cc1C(=O)O. The van der Waals surface area contributed by atoms with Crippen molar-refractivity contribution in [1.82, 2.24) is 9.78 Å². The molecule has 0 atom stereocenters. The first kappa shape index (κ1) is 12.8. The summed E-state index contributed by atoms with van der Waals surface area (Å²) < 4.78 is 15.2. The molecule has 2 rings (SSSR count). The second-order valence-corrected chi connectivity index (χ2v) is 4.02. The highest BCUT2D eigenvalue weighted by Gasteiger charge is 2.13. The number of carbonyl (C=O) groups is 1. The summed E-state index contributed by atoms with van der Waals surface area (Å²) >= 11 is 0. The third-order valence-corrected chi connectivity index (χ3v) is 2.71. The molecule has 0 fully saturated rings. The van der Waals surface area contributed by atoms with Gasteiger partial charge in [0, 0.05) is 11.8 Å². The highest BCUT2D eigenvalue weighted by molar-refractivity contribution is 5.88. The number of carboxylic acids is 1. The third kappa shape index (κ3) is 2.45. The first-order valence-corrected chi connectivity index (χ1v) is 5.47. The van der Waals surface area contributed by atoms with Crippen LogP contribution in [0.25, 0.3) is 0 Å². The molecule has 19 heavy (non-hydrogen) atoms. The average molecular weight is 259 g/mol. The molecular weight excluding hydrogens is 249 g/mol. The van der Waals surface area contributed by atoms with E-state index >= 15 is 0 Å². The minimum absolute atomic E-state index is 0.0418. The predicted molar refractivity (Wildman–Crippen MR) is 64.1 cm³/mol. The zero-order valence-corrected chi connectivity index (χ0v) is 10.1. The zero-order chi connectivity index (χ0) is 14.0. The lowest BCUT2D eigenvalue weighted by Gasteiger charge is -2.04. The Hall–Kier alpha value is -2.68. The number of aryl methyl sites for hydroxylation is 1. The lowest BCUT2D eigenvalue weighted by molar-refractivity contribution is 0.0696. The summed E-state index contributed by atoms with van der Waals surface area (Å²) in [7, 11) is 0. The molecule has 1 aromatic carbocycles. The maximum atomic E-state index is 13.8. The number of hydrogen-bond donors (Lipinski definition) is 1. The second-order valence-electron chi connectivity index (χ2n) is 4.02. The van der Waals surface area contributed by atoms with Crippen molar-refractivity contribution in [3.8, 4) is 6.07 Å². The van der Waals surface area contributed by atoms with Gasteiger partial charge in [0.2, 0.25) is 0 Å². The van der Waals surface area contributed by atoms with Gasteiger partial charge in [-0.2, -0.15) is 10.4 Å². The predicted octanol–water partition coefficient (Wildman–Crippen LogP) is 1.95. The molecule has 0 aliphatic heterocycles. The van der Waals surface area contributed by atoms with E-state index in [4.69, 9.17) is 10.4 Å². The van der Waals surface area contributed by atoms with E-state index in [0.717, 1.165) is 0 Å². The quantitative estimate of drug-likeness (QED) is 0.913. The fourth-order valence-electron chi connectivity index (χ4n) is 1.77. The lowest BCUT2D eigenvalue weighted by atomic mass is 10.1. The molecule has 0 saturated heterocycles. The molecule has 5 nitrogen and oxygen atoms in total. The Morgan fingerprint density at radius 2 is 2.32 bits per heavy atom. The molecule has 2 aromatic rings. The van der Waals surface area contributed by atoms with E-state index in [1.54, 1.807) is 19.1 Å². The molecule has 0 bridgehead atoms. The Balaban J connectivity index is 2.35. The van der Waals surface area contributed by atoms with Crippen molar-refractivity contribution in [2.24, 2.45) is 0 Å². The molecule has 6 heteroatoms. The van der Waals surface area contributed by atoms with Crippen LogP contribution in [0.4, 0.5) is 4.39 Å². The van der Waals surface area contributed by atoms with Crippen molar-refractivity contribution in [3.63, 3.8) is 0 Å². The summed E-state index contributed by atoms with van der Waals surface area (Å²) in [6.07, 6.45) is 1.34. The van der Waals surface area contributed by atoms with Gasteiger partial charge in [0.05, 0.1) is 17.8 Å². The van der Waals surface area contributed by atoms with E-state index < -0.39 is 11.8 Å². The van der Waals surface area contributed by atoms with E-state index in [-0.39, 0.29) is 17.7 Å². The fraction of sp³-hybridized carbons (Fsp3) is 0.154. The summed E-state index contributed by atoms with van der Waals surface area (Å²) in [6.45, 7) is 1.65. The molecule has 0 amide bonds. The van der Waals surface area contributed by atoms with E-state index in [9.17, 15) is 9.18 Å². The molecule has 0 spiro atoms. The topological polar surface area (TPSA) is 78.9 Å². The number of carboxylic acid groups (broad SMARTS) is 1. The lowest BCUT2D eigenvalue weighted by Crippen LogP contribution is -2.04. The van der Waals surface area contributed by atoms with Crippen LogP contribution in [0.5, 0.6) is 0 Å². The summed E-state index contributed by atoms with van der Waals surface area (Å²) in [6, 6.07) is 6.25. The van der Waals surface area contributed by atoms with E-state index in [0.29, 0.717) is 11.3 Å². The minimum atomic E-state index is -1.07. The molecule has 0 aliphatic rings. The highest BCUT2D eigenvalue weighted by atomic mass is 19.1. The zero-order valence-electron chi connectivity index (χ0n) is 10.1. The molecule has 0 radical (unpaired) electrons. The number of aromatic carboxylic acids is 1. The third-order valence-electron chi connectivity index (χ3n) is 2.71. The maximum Gasteiger partial charge on any atom is 0.339 e. The molecule has 1 N–H and O–H groups in total. The van der Waals surface area contributed by atoms with Gasteiger partial charge in [-0.1, -0.05) is 12.1 Å². The molecule has 0 aliphatic carbocycles. The van der Waals surface area contributed by atoms with Gasteiger partial charge in [-0.25, -0.2) is 9.18 Å². The van der Waals surface area contributed by atoms with Crippen molar-refractivity contribution < 1.29 is 14.3 Å². The van der Waals surface area contributed by atoms with Crippen LogP contribution in [0, 0.1) is 24.1 Å². The van der Waals surface area contributed by atoms with Crippen LogP contribution in [0.15, 0.2) is 24.4 Å². The van der Waals surface area contributed by atoms with Crippen LogP contribution >= 0.6 is 0 Å². The van der Waals surface area contributed by atoms with Gasteiger partial charge in [0.25, 0.3) is 0 Å². The van der Waals surface area contributed by atoms with Gasteiger partial charge in [-0.05, 0) is 13.0 Å². The number of halogens is 1. The summed E-state index contributed by atoms with van der Waals surface area (Å²) in [4.78, 5) is 10.9. The molecule has 0 unspecified atom stereocenters. The second kappa shape index (κ2) is 4.90. The first-order valence-electron chi connectivity index (χ1n) is 5.47. The highest BCUT2D eigenvalue weighted by Crippen LogP contribution is 2.14. The number of aromatic nitrogens is 2. The van der Waals surface area contributed by atoms with Crippen LogP contribution in [-0.4, -0.2) is 20.9 Å². The van der Waals surface area contributed by atoms with E-state index in [1.165, 1.54) is 23.0 Å². The van der Waals surface area contributed by atoms with Crippen LogP contribution in [-0.2, 0) is 6.54 Å². The molecular formula is C13H10FN3O2. The maximum absolute atomic E-state index is 13.8. The number of rotatable bonds is 3. The summed E-state index contributed by atoms with van der Waals surface area (Å²) in [5, 5.41) is 21.7. The molecule has 96 valence electrons. The van der Waals surface area contributed by atoms with Gasteiger partial charge in [0.15, 0.2) is 0 Å². The monoisotopic (exact) mass is 259 g/mol. The largest absolute Gasteiger partial charge is 0.478 e. The standard InChI is InChI=1S/C13H10FN3O2/c1-8-11(13(18)19)7-17(16-8)6-10-4-2-3-9(5-15)12(10)14/h2-4,7H,6H2,1H3,(H,18,19). The Morgan fingerprint density at radius 1 is 1.58 bits per heavy atom. The number of nitriles is 1. The Morgan fingerprint density at radius 3 is 2.89 bits per heavy atom. The summed E-state index contributed by atoms with van der Waals surface area (Å²) in [5.74, 6) is -1.68. The molecule has 1 aromatic heterocycles. The first-order chi connectivity index (χ1) is 9.02. The minimum Gasteiger partial charge on any atom is -0.478 e. The average Bonchev–Trinajstić information content (AvgIpc) is 2.73. The number of benzene rings is 1. The fourth-order valence-corrected chi connectivity index (χ4v) is 1.77. The van der Waals surface area contributed by atoms with Crippen molar-refractivity contribution in [1.29, 1.82) is 5.26 Å². The van der Waals surface area contributed by atoms with Crippen LogP contribution < -0.4 is 0 Å². The smallest absolute Gasteiger partial charge is 0.339 e. The van der Waals surface area contributed by atoms with Crippen molar-refractivity contribution in [3.05, 3.63) is 52.6 Å². The van der Waals surface area contributed by atoms with Crippen molar-refractivity contribution in [2.45, 2.75) is 13.5 Å². The number of hydrogen-bond acceptors (Lipinski definition) is 3. The molecule has 1 heterocycles. The Kier molecular flexibility index (Phi) is 3.29.